The molecule has 3 heterocycles. The monoisotopic (exact) mass is 474 g/mol. The Balaban J connectivity index is 1.07. The number of nitrogens with one attached hydrogen (secondary N) is 1. The molecule has 2 aromatic rings. The lowest BCUT2D eigenvalue weighted by atomic mass is 9.90. The first-order valence-electron chi connectivity index (χ1n) is 13.3. The third-order valence-electron chi connectivity index (χ3n) is 8.04. The SMILES string of the molecule is CN1C(=O)[C@H]2CCCCN2c2ccc(C(=O)NCCCN3CCC(Cc4ccccc4)CC3)cc21. The lowest BCUT2D eigenvalue weighted by Gasteiger charge is -2.44. The number of piperidine rings is 2. The summed E-state index contributed by atoms with van der Waals surface area (Å²) in [6, 6.07) is 16.6. The van der Waals surface area contributed by atoms with Crippen molar-refractivity contribution < 1.29 is 9.59 Å². The fourth-order valence-corrected chi connectivity index (χ4v) is 5.96. The molecule has 2 amide bonds. The summed E-state index contributed by atoms with van der Waals surface area (Å²) in [6.07, 6.45) is 7.76. The number of likely N-dealkylation sites (tertiary alicyclic amines) is 1. The number of hydrogen-bond acceptors (Lipinski definition) is 4. The van der Waals surface area contributed by atoms with Gasteiger partial charge in [0.05, 0.1) is 11.4 Å². The molecular formula is C29H38N4O2. The second kappa shape index (κ2) is 10.8. The van der Waals surface area contributed by atoms with Gasteiger partial charge in [-0.25, -0.2) is 0 Å². The third kappa shape index (κ3) is 5.37. The maximum Gasteiger partial charge on any atom is 0.251 e. The van der Waals surface area contributed by atoms with Crippen molar-refractivity contribution in [3.63, 3.8) is 0 Å². The highest BCUT2D eigenvalue weighted by Gasteiger charge is 2.38. The average Bonchev–Trinajstić information content (AvgIpc) is 2.91. The zero-order valence-corrected chi connectivity index (χ0v) is 20.9. The normalized spacial score (nSPS) is 20.9. The number of rotatable bonds is 7. The molecule has 6 nitrogen and oxygen atoms in total. The molecule has 0 aliphatic carbocycles. The predicted molar refractivity (Wildman–Crippen MR) is 141 cm³/mol. The molecule has 3 aliphatic heterocycles. The van der Waals surface area contributed by atoms with Gasteiger partial charge in [-0.05, 0) is 94.3 Å². The fraction of sp³-hybridized carbons (Fsp3) is 0.517. The van der Waals surface area contributed by atoms with Crippen LogP contribution in [0.15, 0.2) is 48.5 Å². The molecule has 0 radical (unpaired) electrons. The van der Waals surface area contributed by atoms with E-state index in [1.807, 2.05) is 25.2 Å². The van der Waals surface area contributed by atoms with Gasteiger partial charge in [-0.1, -0.05) is 30.3 Å². The summed E-state index contributed by atoms with van der Waals surface area (Å²) in [6.45, 7) is 4.90. The van der Waals surface area contributed by atoms with E-state index in [1.165, 1.54) is 24.8 Å². The standard InChI is InChI=1S/C29H38N4O2/c1-31-27-21-24(11-12-25(27)33-17-6-5-10-26(33)29(31)35)28(34)30-15-7-16-32-18-13-23(14-19-32)20-22-8-3-2-4-9-22/h2-4,8-9,11-12,21,23,26H,5-7,10,13-20H2,1H3,(H,30,34)/t26-/m1/s1. The molecule has 0 aromatic heterocycles. The molecule has 1 N–H and O–H groups in total. The number of anilines is 2. The molecule has 0 unspecified atom stereocenters. The number of amides is 2. The molecule has 1 atom stereocenters. The van der Waals surface area contributed by atoms with Crippen molar-refractivity contribution in [2.24, 2.45) is 5.92 Å². The molecule has 6 heteroatoms. The van der Waals surface area contributed by atoms with Crippen molar-refractivity contribution in [2.45, 2.75) is 51.0 Å². The molecular weight excluding hydrogens is 436 g/mol. The maximum atomic E-state index is 12.9. The van der Waals surface area contributed by atoms with Gasteiger partial charge >= 0.3 is 0 Å². The van der Waals surface area contributed by atoms with Gasteiger partial charge in [0.2, 0.25) is 5.91 Å². The Labute approximate surface area is 209 Å². The second-order valence-corrected chi connectivity index (χ2v) is 10.4. The largest absolute Gasteiger partial charge is 0.358 e. The van der Waals surface area contributed by atoms with Gasteiger partial charge in [-0.15, -0.1) is 0 Å². The van der Waals surface area contributed by atoms with E-state index in [0.717, 1.165) is 69.2 Å². The maximum absolute atomic E-state index is 12.9. The molecule has 2 aromatic carbocycles. The van der Waals surface area contributed by atoms with Gasteiger partial charge < -0.3 is 20.0 Å². The van der Waals surface area contributed by atoms with E-state index in [0.29, 0.717) is 12.1 Å². The van der Waals surface area contributed by atoms with E-state index in [9.17, 15) is 9.59 Å². The Morgan fingerprint density at radius 1 is 0.971 bits per heavy atom. The number of nitrogens with zero attached hydrogens (tertiary/aromatic N) is 3. The van der Waals surface area contributed by atoms with Gasteiger partial charge in [-0.2, -0.15) is 0 Å². The zero-order chi connectivity index (χ0) is 24.2. The Morgan fingerprint density at radius 2 is 1.77 bits per heavy atom. The van der Waals surface area contributed by atoms with Gasteiger partial charge in [0, 0.05) is 25.7 Å². The third-order valence-corrected chi connectivity index (χ3v) is 8.04. The van der Waals surface area contributed by atoms with Crippen LogP contribution in [0, 0.1) is 5.92 Å². The van der Waals surface area contributed by atoms with Crippen LogP contribution in [0.5, 0.6) is 0 Å². The molecule has 5 rings (SSSR count). The zero-order valence-electron chi connectivity index (χ0n) is 20.9. The lowest BCUT2D eigenvalue weighted by Crippen LogP contribution is -2.54. The molecule has 0 saturated carbocycles. The topological polar surface area (TPSA) is 55.9 Å². The molecule has 3 aliphatic rings. The van der Waals surface area contributed by atoms with Gasteiger partial charge in [0.15, 0.2) is 0 Å². The summed E-state index contributed by atoms with van der Waals surface area (Å²) in [5.74, 6) is 0.862. The van der Waals surface area contributed by atoms with E-state index < -0.39 is 0 Å². The molecule has 0 spiro atoms. The molecule has 0 bridgehead atoms. The summed E-state index contributed by atoms with van der Waals surface area (Å²) in [7, 11) is 1.83. The van der Waals surface area contributed by atoms with E-state index in [2.05, 4.69) is 45.4 Å². The Bertz CT molecular complexity index is 1030. The number of benzene rings is 2. The first-order chi connectivity index (χ1) is 17.1. The van der Waals surface area contributed by atoms with Crippen molar-refractivity contribution in [1.82, 2.24) is 10.2 Å². The van der Waals surface area contributed by atoms with Gasteiger partial charge in [0.25, 0.3) is 5.91 Å². The van der Waals surface area contributed by atoms with E-state index in [1.54, 1.807) is 4.90 Å². The number of likely N-dealkylation sites (N-methyl/N-ethyl adjacent to an activating group) is 1. The smallest absolute Gasteiger partial charge is 0.251 e. The molecule has 186 valence electrons. The second-order valence-electron chi connectivity index (χ2n) is 10.4. The van der Waals surface area contributed by atoms with E-state index >= 15 is 0 Å². The lowest BCUT2D eigenvalue weighted by molar-refractivity contribution is -0.120. The molecule has 2 fully saturated rings. The van der Waals surface area contributed by atoms with Gasteiger partial charge in [0.1, 0.15) is 6.04 Å². The average molecular weight is 475 g/mol. The van der Waals surface area contributed by atoms with Crippen molar-refractivity contribution in [3.05, 3.63) is 59.7 Å². The summed E-state index contributed by atoms with van der Waals surface area (Å²) < 4.78 is 0. The summed E-state index contributed by atoms with van der Waals surface area (Å²) in [4.78, 5) is 32.2. The van der Waals surface area contributed by atoms with Crippen LogP contribution in [0.4, 0.5) is 11.4 Å². The predicted octanol–water partition coefficient (Wildman–Crippen LogP) is 4.10. The van der Waals surface area contributed by atoms with Crippen molar-refractivity contribution in [2.75, 3.05) is 49.6 Å². The van der Waals surface area contributed by atoms with E-state index in [-0.39, 0.29) is 17.9 Å². The van der Waals surface area contributed by atoms with Crippen LogP contribution in [0.2, 0.25) is 0 Å². The van der Waals surface area contributed by atoms with Crippen LogP contribution in [0.1, 0.15) is 54.4 Å². The molecule has 35 heavy (non-hydrogen) atoms. The quantitative estimate of drug-likeness (QED) is 0.614. The number of fused-ring (bicyclic) bond motifs is 3. The van der Waals surface area contributed by atoms with Crippen molar-refractivity contribution in [3.8, 4) is 0 Å². The number of carbonyl (C=O) groups is 2. The van der Waals surface area contributed by atoms with Crippen LogP contribution in [-0.2, 0) is 11.2 Å². The highest BCUT2D eigenvalue weighted by atomic mass is 16.2. The highest BCUT2D eigenvalue weighted by molar-refractivity contribution is 6.07. The highest BCUT2D eigenvalue weighted by Crippen LogP contribution is 2.39. The van der Waals surface area contributed by atoms with Crippen LogP contribution in [0.3, 0.4) is 0 Å². The van der Waals surface area contributed by atoms with Crippen LogP contribution < -0.4 is 15.1 Å². The first-order valence-corrected chi connectivity index (χ1v) is 13.3. The molecule has 2 saturated heterocycles. The summed E-state index contributed by atoms with van der Waals surface area (Å²) in [5.41, 5.74) is 3.99. The minimum Gasteiger partial charge on any atom is -0.358 e. The summed E-state index contributed by atoms with van der Waals surface area (Å²) >= 11 is 0. The van der Waals surface area contributed by atoms with Crippen LogP contribution >= 0.6 is 0 Å². The fourth-order valence-electron chi connectivity index (χ4n) is 5.96. The Kier molecular flexibility index (Phi) is 7.37. The summed E-state index contributed by atoms with van der Waals surface area (Å²) in [5, 5.41) is 3.09. The Hall–Kier alpha value is -2.86. The first kappa shape index (κ1) is 23.9. The van der Waals surface area contributed by atoms with Crippen molar-refractivity contribution >= 4 is 23.2 Å². The number of hydrogen-bond donors (Lipinski definition) is 1. The van der Waals surface area contributed by atoms with E-state index in [4.69, 9.17) is 0 Å². The number of carbonyl (C=O) groups excluding carboxylic acids is 2. The Morgan fingerprint density at radius 3 is 2.57 bits per heavy atom. The van der Waals surface area contributed by atoms with Gasteiger partial charge in [-0.3, -0.25) is 9.59 Å². The van der Waals surface area contributed by atoms with Crippen LogP contribution in [-0.4, -0.2) is 62.5 Å². The minimum absolute atomic E-state index is 0.0515. The van der Waals surface area contributed by atoms with Crippen LogP contribution in [0.25, 0.3) is 0 Å². The van der Waals surface area contributed by atoms with Crippen molar-refractivity contribution in [1.29, 1.82) is 0 Å². The minimum atomic E-state index is -0.0593.